The maximum Gasteiger partial charge on any atom is 0.137 e. The summed E-state index contributed by atoms with van der Waals surface area (Å²) in [6.07, 6.45) is 0. The summed E-state index contributed by atoms with van der Waals surface area (Å²) in [5, 5.41) is 2.27. The van der Waals surface area contributed by atoms with Crippen LogP contribution in [0.1, 0.15) is 48.6 Å². The lowest BCUT2D eigenvalue weighted by Gasteiger charge is -2.28. The molecular formula is C47H35NO. The van der Waals surface area contributed by atoms with E-state index in [2.05, 4.69) is 183 Å². The summed E-state index contributed by atoms with van der Waals surface area (Å²) in [6.45, 7) is 7.05. The van der Waals surface area contributed by atoms with Crippen molar-refractivity contribution in [2.75, 3.05) is 4.90 Å². The molecule has 0 radical (unpaired) electrons. The summed E-state index contributed by atoms with van der Waals surface area (Å²) in [5.41, 5.74) is 16.8. The Morgan fingerprint density at radius 3 is 1.69 bits per heavy atom. The molecule has 1 heterocycles. The fraction of sp³-hybridized carbons (Fsp3) is 0.106. The molecule has 2 aliphatic carbocycles. The van der Waals surface area contributed by atoms with E-state index in [0.717, 1.165) is 39.0 Å². The smallest absolute Gasteiger partial charge is 0.137 e. The molecule has 0 bridgehead atoms. The van der Waals surface area contributed by atoms with Crippen LogP contribution in [0, 0.1) is 0 Å². The summed E-state index contributed by atoms with van der Waals surface area (Å²) >= 11 is 0. The van der Waals surface area contributed by atoms with Gasteiger partial charge in [0, 0.05) is 44.7 Å². The molecule has 234 valence electrons. The summed E-state index contributed by atoms with van der Waals surface area (Å²) in [5.74, 6) is 0. The standard InChI is InChI=1S/C47H35NO/c1-46(2)40-18-10-7-15-34(40)37-24-22-32(28-43(37)46)48(31-13-5-4-6-14-31)33-23-25-38-39-27-30(21-26-44(39)49-45(38)29-33)47(3)41-19-11-8-16-35(41)36-17-9-12-20-42(36)47/h4-29H,1-3H3. The topological polar surface area (TPSA) is 16.4 Å². The Balaban J connectivity index is 1.11. The molecule has 2 aliphatic rings. The van der Waals surface area contributed by atoms with Gasteiger partial charge >= 0.3 is 0 Å². The second kappa shape index (κ2) is 10.1. The van der Waals surface area contributed by atoms with Gasteiger partial charge < -0.3 is 9.32 Å². The Hall–Kier alpha value is -5.86. The molecule has 0 saturated carbocycles. The first-order valence-corrected chi connectivity index (χ1v) is 17.2. The highest BCUT2D eigenvalue weighted by atomic mass is 16.3. The van der Waals surface area contributed by atoms with Crippen LogP contribution in [0.2, 0.25) is 0 Å². The van der Waals surface area contributed by atoms with Gasteiger partial charge in [0.2, 0.25) is 0 Å². The molecule has 0 fully saturated rings. The third kappa shape index (κ3) is 3.89. The van der Waals surface area contributed by atoms with Gasteiger partial charge in [-0.3, -0.25) is 0 Å². The number of hydrogen-bond acceptors (Lipinski definition) is 2. The molecule has 0 atom stereocenters. The van der Waals surface area contributed by atoms with E-state index < -0.39 is 0 Å². The number of nitrogens with zero attached hydrogens (tertiary/aromatic N) is 1. The van der Waals surface area contributed by atoms with Crippen LogP contribution in [0.5, 0.6) is 0 Å². The summed E-state index contributed by atoms with van der Waals surface area (Å²) in [4.78, 5) is 2.35. The normalized spacial score (nSPS) is 14.8. The molecule has 8 aromatic rings. The minimum atomic E-state index is -0.254. The highest BCUT2D eigenvalue weighted by molar-refractivity contribution is 6.07. The van der Waals surface area contributed by atoms with Gasteiger partial charge in [0.1, 0.15) is 11.2 Å². The largest absolute Gasteiger partial charge is 0.456 e. The fourth-order valence-electron chi connectivity index (χ4n) is 8.84. The fourth-order valence-corrected chi connectivity index (χ4v) is 8.84. The molecule has 0 aliphatic heterocycles. The van der Waals surface area contributed by atoms with Crippen molar-refractivity contribution in [2.45, 2.75) is 31.6 Å². The molecule has 1 aromatic heterocycles. The van der Waals surface area contributed by atoms with E-state index in [0.29, 0.717) is 0 Å². The predicted molar refractivity (Wildman–Crippen MR) is 203 cm³/mol. The number of benzene rings is 7. The first-order chi connectivity index (χ1) is 23.9. The van der Waals surface area contributed by atoms with E-state index in [9.17, 15) is 0 Å². The molecule has 10 rings (SSSR count). The molecule has 7 aromatic carbocycles. The van der Waals surface area contributed by atoms with Gasteiger partial charge in [-0.2, -0.15) is 0 Å². The SMILES string of the molecule is CC1(C)c2ccccc2-c2ccc(N(c3ccccc3)c3ccc4c(c3)oc3ccc(C5(C)c6ccccc6-c6ccccc65)cc34)cc21. The van der Waals surface area contributed by atoms with E-state index in [1.54, 1.807) is 0 Å². The molecule has 2 heteroatoms. The van der Waals surface area contributed by atoms with Crippen molar-refractivity contribution < 1.29 is 4.42 Å². The number of rotatable bonds is 4. The minimum Gasteiger partial charge on any atom is -0.456 e. The van der Waals surface area contributed by atoms with Crippen molar-refractivity contribution in [3.8, 4) is 22.3 Å². The molecule has 49 heavy (non-hydrogen) atoms. The third-order valence-electron chi connectivity index (χ3n) is 11.4. The molecule has 0 spiro atoms. The van der Waals surface area contributed by atoms with E-state index in [-0.39, 0.29) is 10.8 Å². The first-order valence-electron chi connectivity index (χ1n) is 17.2. The average molecular weight is 630 g/mol. The summed E-state index contributed by atoms with van der Waals surface area (Å²) < 4.78 is 6.63. The van der Waals surface area contributed by atoms with Crippen LogP contribution in [0.15, 0.2) is 162 Å². The Morgan fingerprint density at radius 1 is 0.408 bits per heavy atom. The van der Waals surface area contributed by atoms with Gasteiger partial charge in [-0.05, 0) is 106 Å². The molecule has 0 saturated heterocycles. The monoisotopic (exact) mass is 629 g/mol. The lowest BCUT2D eigenvalue weighted by Crippen LogP contribution is -2.22. The molecular weight excluding hydrogens is 595 g/mol. The zero-order chi connectivity index (χ0) is 32.9. The van der Waals surface area contributed by atoms with Crippen molar-refractivity contribution in [2.24, 2.45) is 0 Å². The van der Waals surface area contributed by atoms with Crippen molar-refractivity contribution in [1.29, 1.82) is 0 Å². The highest BCUT2D eigenvalue weighted by Gasteiger charge is 2.41. The average Bonchev–Trinajstić information content (AvgIpc) is 3.72. The van der Waals surface area contributed by atoms with Crippen LogP contribution < -0.4 is 4.90 Å². The van der Waals surface area contributed by atoms with Gasteiger partial charge in [0.25, 0.3) is 0 Å². The van der Waals surface area contributed by atoms with Crippen molar-refractivity contribution in [3.63, 3.8) is 0 Å². The zero-order valence-corrected chi connectivity index (χ0v) is 27.9. The van der Waals surface area contributed by atoms with Gasteiger partial charge in [-0.25, -0.2) is 0 Å². The number of anilines is 3. The lowest BCUT2D eigenvalue weighted by atomic mass is 9.74. The quantitative estimate of drug-likeness (QED) is 0.193. The van der Waals surface area contributed by atoms with E-state index in [4.69, 9.17) is 4.42 Å². The van der Waals surface area contributed by atoms with E-state index >= 15 is 0 Å². The van der Waals surface area contributed by atoms with Crippen molar-refractivity contribution in [1.82, 2.24) is 0 Å². The van der Waals surface area contributed by atoms with Gasteiger partial charge in [0.05, 0.1) is 0 Å². The van der Waals surface area contributed by atoms with Crippen molar-refractivity contribution >= 4 is 39.0 Å². The van der Waals surface area contributed by atoms with Crippen molar-refractivity contribution in [3.05, 3.63) is 186 Å². The number of fused-ring (bicyclic) bond motifs is 9. The van der Waals surface area contributed by atoms with Crippen LogP contribution in [-0.2, 0) is 10.8 Å². The molecule has 0 N–H and O–H groups in total. The minimum absolute atomic E-state index is 0.0817. The van der Waals surface area contributed by atoms with Crippen LogP contribution in [0.4, 0.5) is 17.1 Å². The lowest BCUT2D eigenvalue weighted by molar-refractivity contribution is 0.660. The van der Waals surface area contributed by atoms with E-state index in [1.807, 2.05) is 0 Å². The maximum atomic E-state index is 6.63. The Labute approximate surface area is 286 Å². The number of para-hydroxylation sites is 1. The van der Waals surface area contributed by atoms with Crippen LogP contribution in [-0.4, -0.2) is 0 Å². The second-order valence-electron chi connectivity index (χ2n) is 14.3. The van der Waals surface area contributed by atoms with E-state index in [1.165, 1.54) is 50.1 Å². The summed E-state index contributed by atoms with van der Waals surface area (Å²) in [6, 6.07) is 57.6. The van der Waals surface area contributed by atoms with Crippen LogP contribution in [0.3, 0.4) is 0 Å². The number of hydrogen-bond donors (Lipinski definition) is 0. The third-order valence-corrected chi connectivity index (χ3v) is 11.4. The number of furan rings is 1. The Bertz CT molecular complexity index is 2560. The van der Waals surface area contributed by atoms with Crippen LogP contribution >= 0.6 is 0 Å². The van der Waals surface area contributed by atoms with Gasteiger partial charge in [0.15, 0.2) is 0 Å². The molecule has 0 amide bonds. The Morgan fingerprint density at radius 2 is 0.980 bits per heavy atom. The first kappa shape index (κ1) is 28.2. The van der Waals surface area contributed by atoms with Crippen LogP contribution in [0.25, 0.3) is 44.2 Å². The maximum absolute atomic E-state index is 6.63. The Kier molecular flexibility index (Phi) is 5.79. The van der Waals surface area contributed by atoms with Gasteiger partial charge in [-0.15, -0.1) is 0 Å². The highest BCUT2D eigenvalue weighted by Crippen LogP contribution is 2.53. The zero-order valence-electron chi connectivity index (χ0n) is 27.9. The molecule has 0 unspecified atom stereocenters. The van der Waals surface area contributed by atoms with Gasteiger partial charge in [-0.1, -0.05) is 117 Å². The second-order valence-corrected chi connectivity index (χ2v) is 14.3. The molecule has 2 nitrogen and oxygen atoms in total. The summed E-state index contributed by atoms with van der Waals surface area (Å²) in [7, 11) is 0. The predicted octanol–water partition coefficient (Wildman–Crippen LogP) is 12.7.